The van der Waals surface area contributed by atoms with E-state index in [1.165, 1.54) is 4.90 Å². The number of piperazine rings is 1. The van der Waals surface area contributed by atoms with Gasteiger partial charge in [0.05, 0.1) is 6.54 Å². The summed E-state index contributed by atoms with van der Waals surface area (Å²) in [6.45, 7) is 2.44. The average molecular weight is 292 g/mol. The van der Waals surface area contributed by atoms with Crippen LogP contribution < -0.4 is 0 Å². The molecule has 1 aromatic heterocycles. The lowest BCUT2D eigenvalue weighted by Gasteiger charge is -2.35. The Labute approximate surface area is 121 Å². The van der Waals surface area contributed by atoms with Gasteiger partial charge < -0.3 is 19.3 Å². The molecule has 0 saturated carbocycles. The van der Waals surface area contributed by atoms with E-state index >= 15 is 0 Å². The van der Waals surface area contributed by atoms with Gasteiger partial charge in [0, 0.05) is 12.1 Å². The van der Waals surface area contributed by atoms with Crippen LogP contribution in [0.5, 0.6) is 0 Å². The summed E-state index contributed by atoms with van der Waals surface area (Å²) in [6, 6.07) is 1.24. The second-order valence-corrected chi connectivity index (χ2v) is 5.47. The van der Waals surface area contributed by atoms with E-state index in [9.17, 15) is 14.4 Å². The van der Waals surface area contributed by atoms with E-state index in [-0.39, 0.29) is 36.7 Å². The summed E-state index contributed by atoms with van der Waals surface area (Å²) in [6.07, 6.45) is 1.54. The smallest absolute Gasteiger partial charge is 0.372 e. The standard InChI is InChI=1S/C14H16N2O5/c1-8-5-9(21-12(8)14(19)20)6-15-7-11(17)16-4-2-3-10(16)13(15)18/h5,10H,2-4,6-7H2,1H3,(H,19,20). The molecule has 0 aliphatic carbocycles. The first-order chi connectivity index (χ1) is 9.97. The number of aromatic carboxylic acids is 1. The number of hydrogen-bond acceptors (Lipinski definition) is 4. The van der Waals surface area contributed by atoms with Gasteiger partial charge in [-0.2, -0.15) is 0 Å². The molecule has 112 valence electrons. The molecule has 1 unspecified atom stereocenters. The fraction of sp³-hybridized carbons (Fsp3) is 0.500. The molecular formula is C14H16N2O5. The van der Waals surface area contributed by atoms with Crippen LogP contribution in [0.4, 0.5) is 0 Å². The lowest BCUT2D eigenvalue weighted by atomic mass is 10.1. The van der Waals surface area contributed by atoms with Crippen molar-refractivity contribution in [1.82, 2.24) is 9.80 Å². The molecule has 2 fully saturated rings. The van der Waals surface area contributed by atoms with E-state index in [0.29, 0.717) is 24.3 Å². The first-order valence-corrected chi connectivity index (χ1v) is 6.88. The third-order valence-electron chi connectivity index (χ3n) is 4.01. The monoisotopic (exact) mass is 292 g/mol. The quantitative estimate of drug-likeness (QED) is 0.881. The number of carbonyl (C=O) groups is 3. The molecule has 0 spiro atoms. The van der Waals surface area contributed by atoms with Crippen molar-refractivity contribution in [3.05, 3.63) is 23.2 Å². The molecule has 1 aromatic rings. The van der Waals surface area contributed by atoms with Crippen molar-refractivity contribution in [2.24, 2.45) is 0 Å². The van der Waals surface area contributed by atoms with E-state index in [0.717, 1.165) is 6.42 Å². The van der Waals surface area contributed by atoms with Crippen molar-refractivity contribution >= 4 is 17.8 Å². The average Bonchev–Trinajstić information content (AvgIpc) is 3.02. The number of fused-ring (bicyclic) bond motifs is 1. The maximum atomic E-state index is 12.4. The molecule has 1 N–H and O–H groups in total. The highest BCUT2D eigenvalue weighted by Gasteiger charge is 2.42. The zero-order chi connectivity index (χ0) is 15.1. The van der Waals surface area contributed by atoms with Crippen LogP contribution in [0.3, 0.4) is 0 Å². The Kier molecular flexibility index (Phi) is 3.19. The summed E-state index contributed by atoms with van der Waals surface area (Å²) in [4.78, 5) is 38.4. The van der Waals surface area contributed by atoms with Gasteiger partial charge in [-0.3, -0.25) is 9.59 Å². The number of carbonyl (C=O) groups excluding carboxylic acids is 2. The molecule has 0 radical (unpaired) electrons. The van der Waals surface area contributed by atoms with Gasteiger partial charge >= 0.3 is 5.97 Å². The van der Waals surface area contributed by atoms with Crippen molar-refractivity contribution < 1.29 is 23.9 Å². The van der Waals surface area contributed by atoms with Crippen molar-refractivity contribution in [3.63, 3.8) is 0 Å². The van der Waals surface area contributed by atoms with Gasteiger partial charge in [0.25, 0.3) is 0 Å². The molecule has 2 saturated heterocycles. The number of furan rings is 1. The van der Waals surface area contributed by atoms with Crippen LogP contribution in [0.15, 0.2) is 10.5 Å². The van der Waals surface area contributed by atoms with Crippen LogP contribution in [-0.2, 0) is 16.1 Å². The number of nitrogens with zero attached hydrogens (tertiary/aromatic N) is 2. The Morgan fingerprint density at radius 2 is 2.24 bits per heavy atom. The van der Waals surface area contributed by atoms with Crippen LogP contribution in [0.25, 0.3) is 0 Å². The predicted octanol–water partition coefficient (Wildman–Crippen LogP) is 0.619. The molecule has 0 bridgehead atoms. The molecule has 7 heteroatoms. The van der Waals surface area contributed by atoms with Gasteiger partial charge in [-0.15, -0.1) is 0 Å². The van der Waals surface area contributed by atoms with Crippen molar-refractivity contribution in [2.75, 3.05) is 13.1 Å². The van der Waals surface area contributed by atoms with Crippen molar-refractivity contribution in [3.8, 4) is 0 Å². The number of hydrogen-bond donors (Lipinski definition) is 1. The summed E-state index contributed by atoms with van der Waals surface area (Å²) >= 11 is 0. The highest BCUT2D eigenvalue weighted by molar-refractivity contribution is 5.95. The van der Waals surface area contributed by atoms with Gasteiger partial charge in [0.15, 0.2) is 0 Å². The molecule has 3 rings (SSSR count). The summed E-state index contributed by atoms with van der Waals surface area (Å²) in [5.74, 6) is -1.01. The summed E-state index contributed by atoms with van der Waals surface area (Å²) in [5, 5.41) is 8.97. The molecular weight excluding hydrogens is 276 g/mol. The maximum Gasteiger partial charge on any atom is 0.372 e. The molecule has 2 aliphatic rings. The second-order valence-electron chi connectivity index (χ2n) is 5.47. The van der Waals surface area contributed by atoms with Crippen LogP contribution >= 0.6 is 0 Å². The third kappa shape index (κ3) is 2.28. The van der Waals surface area contributed by atoms with Gasteiger partial charge in [0.2, 0.25) is 17.6 Å². The van der Waals surface area contributed by atoms with E-state index in [1.807, 2.05) is 0 Å². The van der Waals surface area contributed by atoms with E-state index in [1.54, 1.807) is 17.9 Å². The van der Waals surface area contributed by atoms with Crippen LogP contribution in [0.2, 0.25) is 0 Å². The van der Waals surface area contributed by atoms with Crippen LogP contribution in [0, 0.1) is 6.92 Å². The predicted molar refractivity (Wildman–Crippen MR) is 70.6 cm³/mol. The Hall–Kier alpha value is -2.31. The molecule has 7 nitrogen and oxygen atoms in total. The number of amides is 2. The first-order valence-electron chi connectivity index (χ1n) is 6.88. The summed E-state index contributed by atoms with van der Waals surface area (Å²) < 4.78 is 5.26. The second kappa shape index (κ2) is 4.91. The summed E-state index contributed by atoms with van der Waals surface area (Å²) in [7, 11) is 0. The van der Waals surface area contributed by atoms with Gasteiger partial charge in [0.1, 0.15) is 18.3 Å². The fourth-order valence-corrected chi connectivity index (χ4v) is 3.02. The third-order valence-corrected chi connectivity index (χ3v) is 4.01. The van der Waals surface area contributed by atoms with Crippen LogP contribution in [0.1, 0.15) is 34.7 Å². The Balaban J connectivity index is 1.78. The Morgan fingerprint density at radius 1 is 1.48 bits per heavy atom. The number of carboxylic acids is 1. The highest BCUT2D eigenvalue weighted by atomic mass is 16.4. The first kappa shape index (κ1) is 13.7. The van der Waals surface area contributed by atoms with Crippen molar-refractivity contribution in [2.45, 2.75) is 32.4 Å². The minimum absolute atomic E-state index is 0.0253. The Morgan fingerprint density at radius 3 is 2.90 bits per heavy atom. The minimum Gasteiger partial charge on any atom is -0.475 e. The zero-order valence-electron chi connectivity index (χ0n) is 11.7. The topological polar surface area (TPSA) is 91.1 Å². The lowest BCUT2D eigenvalue weighted by molar-refractivity contribution is -0.154. The molecule has 1 atom stereocenters. The molecule has 2 aliphatic heterocycles. The highest BCUT2D eigenvalue weighted by Crippen LogP contribution is 2.25. The summed E-state index contributed by atoms with van der Waals surface area (Å²) in [5.41, 5.74) is 0.510. The SMILES string of the molecule is Cc1cc(CN2CC(=O)N3CCCC3C2=O)oc1C(=O)O. The Bertz CT molecular complexity index is 621. The zero-order valence-corrected chi connectivity index (χ0v) is 11.7. The molecule has 3 heterocycles. The normalized spacial score (nSPS) is 21.9. The van der Waals surface area contributed by atoms with E-state index in [2.05, 4.69) is 0 Å². The maximum absolute atomic E-state index is 12.4. The van der Waals surface area contributed by atoms with E-state index in [4.69, 9.17) is 9.52 Å². The van der Waals surface area contributed by atoms with Gasteiger partial charge in [-0.05, 0) is 25.8 Å². The molecule has 0 aromatic carbocycles. The molecule has 21 heavy (non-hydrogen) atoms. The van der Waals surface area contributed by atoms with Gasteiger partial charge in [-0.1, -0.05) is 0 Å². The number of carboxylic acid groups (broad SMARTS) is 1. The van der Waals surface area contributed by atoms with E-state index < -0.39 is 5.97 Å². The lowest BCUT2D eigenvalue weighted by Crippen LogP contribution is -2.56. The van der Waals surface area contributed by atoms with Crippen molar-refractivity contribution in [1.29, 1.82) is 0 Å². The number of aryl methyl sites for hydroxylation is 1. The van der Waals surface area contributed by atoms with Crippen LogP contribution in [-0.4, -0.2) is 51.8 Å². The molecule has 2 amide bonds. The number of rotatable bonds is 3. The largest absolute Gasteiger partial charge is 0.475 e. The van der Waals surface area contributed by atoms with Gasteiger partial charge in [-0.25, -0.2) is 4.79 Å². The fourth-order valence-electron chi connectivity index (χ4n) is 3.02. The minimum atomic E-state index is -1.14.